The molecule has 4 nitrogen and oxygen atoms in total. The topological polar surface area (TPSA) is 36.5 Å². The molecule has 0 unspecified atom stereocenters. The van der Waals surface area contributed by atoms with Gasteiger partial charge in [-0.05, 0) is 30.8 Å². The molecule has 1 aromatic carbocycles. The summed E-state index contributed by atoms with van der Waals surface area (Å²) in [5.41, 5.74) is 1.24. The second-order valence-electron chi connectivity index (χ2n) is 4.29. The summed E-state index contributed by atoms with van der Waals surface area (Å²) in [5.74, 6) is 0. The number of methoxy groups -OCH3 is 1. The van der Waals surface area contributed by atoms with E-state index in [9.17, 15) is 0 Å². The molecular formula is C14H23N3OS. The largest absolute Gasteiger partial charge is 0.383 e. The van der Waals surface area contributed by atoms with Crippen LogP contribution in [-0.4, -0.2) is 45.5 Å². The molecule has 1 aromatic rings. The summed E-state index contributed by atoms with van der Waals surface area (Å²) in [7, 11) is 3.78. The molecule has 0 bridgehead atoms. The van der Waals surface area contributed by atoms with Crippen LogP contribution < -0.4 is 15.5 Å². The lowest BCUT2D eigenvalue weighted by Gasteiger charge is -2.19. The Bertz CT molecular complexity index is 359. The highest BCUT2D eigenvalue weighted by molar-refractivity contribution is 7.80. The van der Waals surface area contributed by atoms with Gasteiger partial charge in [0.1, 0.15) is 0 Å². The third-order valence-electron chi connectivity index (χ3n) is 2.74. The zero-order valence-corrected chi connectivity index (χ0v) is 12.5. The van der Waals surface area contributed by atoms with Crippen molar-refractivity contribution in [3.63, 3.8) is 0 Å². The van der Waals surface area contributed by atoms with Gasteiger partial charge in [0, 0.05) is 39.5 Å². The zero-order valence-electron chi connectivity index (χ0n) is 11.7. The number of para-hydroxylation sites is 1. The van der Waals surface area contributed by atoms with Crippen LogP contribution in [0.3, 0.4) is 0 Å². The lowest BCUT2D eigenvalue weighted by atomic mass is 10.3. The molecule has 19 heavy (non-hydrogen) atoms. The normalized spacial score (nSPS) is 10.0. The molecule has 0 aliphatic rings. The maximum Gasteiger partial charge on any atom is 0.166 e. The van der Waals surface area contributed by atoms with Gasteiger partial charge in [-0.1, -0.05) is 18.2 Å². The van der Waals surface area contributed by atoms with Crippen LogP contribution in [0.4, 0.5) is 5.69 Å². The van der Waals surface area contributed by atoms with Crippen molar-refractivity contribution in [3.05, 3.63) is 30.3 Å². The monoisotopic (exact) mass is 281 g/mol. The van der Waals surface area contributed by atoms with Crippen molar-refractivity contribution < 1.29 is 4.74 Å². The van der Waals surface area contributed by atoms with Gasteiger partial charge in [0.05, 0.1) is 6.61 Å². The Morgan fingerprint density at radius 1 is 1.21 bits per heavy atom. The Balaban J connectivity index is 2.09. The van der Waals surface area contributed by atoms with E-state index in [2.05, 4.69) is 46.8 Å². The third-order valence-corrected chi connectivity index (χ3v) is 3.03. The summed E-state index contributed by atoms with van der Waals surface area (Å²) >= 11 is 5.15. The number of rotatable bonds is 8. The van der Waals surface area contributed by atoms with Crippen molar-refractivity contribution in [3.8, 4) is 0 Å². The fourth-order valence-corrected chi connectivity index (χ4v) is 1.86. The molecule has 0 heterocycles. The number of benzene rings is 1. The number of anilines is 1. The van der Waals surface area contributed by atoms with Gasteiger partial charge in [-0.15, -0.1) is 0 Å². The average molecular weight is 281 g/mol. The lowest BCUT2D eigenvalue weighted by Crippen LogP contribution is -2.38. The van der Waals surface area contributed by atoms with Gasteiger partial charge >= 0.3 is 0 Å². The Kier molecular flexibility index (Phi) is 7.93. The van der Waals surface area contributed by atoms with Crippen LogP contribution >= 0.6 is 12.2 Å². The standard InChI is InChI=1S/C14H23N3OS/c1-17(13-7-4-3-5-8-13)11-6-9-15-14(19)16-10-12-18-2/h3-5,7-8H,6,9-12H2,1-2H3,(H2,15,16,19). The number of ether oxygens (including phenoxy) is 1. The minimum Gasteiger partial charge on any atom is -0.383 e. The quantitative estimate of drug-likeness (QED) is 0.559. The first-order valence-corrected chi connectivity index (χ1v) is 6.91. The number of thiocarbonyl (C=S) groups is 1. The number of nitrogens with zero attached hydrogens (tertiary/aromatic N) is 1. The summed E-state index contributed by atoms with van der Waals surface area (Å²) < 4.78 is 4.94. The van der Waals surface area contributed by atoms with Crippen molar-refractivity contribution in [1.82, 2.24) is 10.6 Å². The van der Waals surface area contributed by atoms with Crippen molar-refractivity contribution in [2.24, 2.45) is 0 Å². The van der Waals surface area contributed by atoms with E-state index in [0.29, 0.717) is 11.7 Å². The van der Waals surface area contributed by atoms with Gasteiger partial charge in [0.15, 0.2) is 5.11 Å². The Morgan fingerprint density at radius 2 is 1.89 bits per heavy atom. The van der Waals surface area contributed by atoms with Crippen LogP contribution in [0.15, 0.2) is 30.3 Å². The summed E-state index contributed by atoms with van der Waals surface area (Å²) in [5, 5.41) is 6.97. The molecule has 0 atom stereocenters. The molecule has 0 fully saturated rings. The first-order chi connectivity index (χ1) is 9.24. The molecule has 0 saturated carbocycles. The number of nitrogens with one attached hydrogen (secondary N) is 2. The summed E-state index contributed by atoms with van der Waals surface area (Å²) in [6.45, 7) is 3.28. The number of hydrogen-bond donors (Lipinski definition) is 2. The van der Waals surface area contributed by atoms with Crippen molar-refractivity contribution in [1.29, 1.82) is 0 Å². The van der Waals surface area contributed by atoms with E-state index in [1.54, 1.807) is 7.11 Å². The van der Waals surface area contributed by atoms with Gasteiger partial charge in [-0.25, -0.2) is 0 Å². The van der Waals surface area contributed by atoms with Crippen molar-refractivity contribution in [2.45, 2.75) is 6.42 Å². The highest BCUT2D eigenvalue weighted by atomic mass is 32.1. The van der Waals surface area contributed by atoms with E-state index in [1.165, 1.54) is 5.69 Å². The summed E-state index contributed by atoms with van der Waals surface area (Å²) in [6, 6.07) is 10.4. The maximum atomic E-state index is 5.15. The minimum absolute atomic E-state index is 0.665. The molecule has 0 aliphatic carbocycles. The van der Waals surface area contributed by atoms with E-state index in [-0.39, 0.29) is 0 Å². The molecule has 0 aromatic heterocycles. The molecule has 0 saturated heterocycles. The minimum atomic E-state index is 0.665. The predicted octanol–water partition coefficient (Wildman–Crippen LogP) is 1.62. The summed E-state index contributed by atoms with van der Waals surface area (Å²) in [4.78, 5) is 2.24. The van der Waals surface area contributed by atoms with Crippen molar-refractivity contribution in [2.75, 3.05) is 45.3 Å². The molecule has 106 valence electrons. The molecule has 1 rings (SSSR count). The van der Waals surface area contributed by atoms with E-state index in [4.69, 9.17) is 17.0 Å². The van der Waals surface area contributed by atoms with E-state index in [1.807, 2.05) is 6.07 Å². The van der Waals surface area contributed by atoms with Crippen LogP contribution in [0.25, 0.3) is 0 Å². The van der Waals surface area contributed by atoms with Crippen molar-refractivity contribution >= 4 is 23.0 Å². The van der Waals surface area contributed by atoms with Crippen LogP contribution in [-0.2, 0) is 4.74 Å². The van der Waals surface area contributed by atoms with Crippen LogP contribution in [0.2, 0.25) is 0 Å². The fourth-order valence-electron chi connectivity index (χ4n) is 1.66. The SMILES string of the molecule is COCCNC(=S)NCCCN(C)c1ccccc1. The third kappa shape index (κ3) is 6.98. The first kappa shape index (κ1) is 15.7. The van der Waals surface area contributed by atoms with Gasteiger partial charge in [0.2, 0.25) is 0 Å². The maximum absolute atomic E-state index is 5.15. The fraction of sp³-hybridized carbons (Fsp3) is 0.500. The van der Waals surface area contributed by atoms with Crippen LogP contribution in [0.1, 0.15) is 6.42 Å². The second kappa shape index (κ2) is 9.58. The molecule has 0 spiro atoms. The highest BCUT2D eigenvalue weighted by Gasteiger charge is 1.99. The van der Waals surface area contributed by atoms with Crippen LogP contribution in [0, 0.1) is 0 Å². The lowest BCUT2D eigenvalue weighted by molar-refractivity contribution is 0.204. The second-order valence-corrected chi connectivity index (χ2v) is 4.69. The molecule has 0 radical (unpaired) electrons. The van der Waals surface area contributed by atoms with Gasteiger partial charge in [0.25, 0.3) is 0 Å². The zero-order chi connectivity index (χ0) is 13.9. The molecule has 5 heteroatoms. The number of hydrogen-bond acceptors (Lipinski definition) is 3. The van der Waals surface area contributed by atoms with E-state index >= 15 is 0 Å². The Hall–Kier alpha value is -1.33. The average Bonchev–Trinajstić information content (AvgIpc) is 2.44. The van der Waals surface area contributed by atoms with Gasteiger partial charge < -0.3 is 20.3 Å². The molecular weight excluding hydrogens is 258 g/mol. The Morgan fingerprint density at radius 3 is 2.58 bits per heavy atom. The highest BCUT2D eigenvalue weighted by Crippen LogP contribution is 2.10. The molecule has 2 N–H and O–H groups in total. The Labute approximate surface area is 121 Å². The molecule has 0 aliphatic heterocycles. The van der Waals surface area contributed by atoms with E-state index in [0.717, 1.165) is 26.1 Å². The molecule has 0 amide bonds. The van der Waals surface area contributed by atoms with Crippen LogP contribution in [0.5, 0.6) is 0 Å². The summed E-state index contributed by atoms with van der Waals surface area (Å²) in [6.07, 6.45) is 1.04. The smallest absolute Gasteiger partial charge is 0.166 e. The van der Waals surface area contributed by atoms with Gasteiger partial charge in [-0.3, -0.25) is 0 Å². The van der Waals surface area contributed by atoms with Gasteiger partial charge in [-0.2, -0.15) is 0 Å². The van der Waals surface area contributed by atoms with E-state index < -0.39 is 0 Å². The first-order valence-electron chi connectivity index (χ1n) is 6.51. The predicted molar refractivity (Wildman–Crippen MR) is 84.8 cm³/mol.